The van der Waals surface area contributed by atoms with E-state index in [1.165, 1.54) is 6.92 Å². The Hall–Kier alpha value is -0.214. The van der Waals surface area contributed by atoms with E-state index in [0.29, 0.717) is 0 Å². The summed E-state index contributed by atoms with van der Waals surface area (Å²) < 4.78 is 4.65. The van der Waals surface area contributed by atoms with Crippen LogP contribution in [0.3, 0.4) is 0 Å². The predicted molar refractivity (Wildman–Crippen MR) is 47.1 cm³/mol. The average Bonchev–Trinajstić information content (AvgIpc) is 2.48. The van der Waals surface area contributed by atoms with Crippen LogP contribution in [0, 0.1) is 17.0 Å². The van der Waals surface area contributed by atoms with Gasteiger partial charge in [0.15, 0.2) is 0 Å². The molecule has 0 amide bonds. The van der Waals surface area contributed by atoms with Crippen molar-refractivity contribution in [2.24, 2.45) is 0 Å². The molecule has 1 rings (SSSR count). The van der Waals surface area contributed by atoms with Crippen molar-refractivity contribution in [1.29, 1.82) is 0 Å². The first-order chi connectivity index (χ1) is 6.56. The van der Waals surface area contributed by atoms with Crippen molar-refractivity contribution in [1.82, 2.24) is 4.98 Å². The Labute approximate surface area is 129 Å². The molecule has 0 aromatic carbocycles. The smallest absolute Gasteiger partial charge is 0.650 e. The first kappa shape index (κ1) is 14.8. The zero-order valence-electron chi connectivity index (χ0n) is 8.81. The number of hydrogen-bond acceptors (Lipinski definition) is 4. The van der Waals surface area contributed by atoms with E-state index in [1.54, 1.807) is 6.92 Å². The van der Waals surface area contributed by atoms with Crippen molar-refractivity contribution in [2.45, 2.75) is 13.8 Å². The molecule has 7 heteroatoms. The van der Waals surface area contributed by atoms with Crippen LogP contribution in [0.5, 0.6) is 0 Å². The third-order valence-electron chi connectivity index (χ3n) is 1.61. The van der Waals surface area contributed by atoms with Crippen LogP contribution in [-0.4, -0.2) is 17.5 Å². The molecular formula is C8H9KN2O4. The van der Waals surface area contributed by atoms with Crippen LogP contribution < -0.4 is 56.4 Å². The molecule has 1 aromatic heterocycles. The van der Waals surface area contributed by atoms with Crippen LogP contribution in [0.15, 0.2) is 6.07 Å². The maximum absolute atomic E-state index is 11.1. The molecular weight excluding hydrogens is 227 g/mol. The summed E-state index contributed by atoms with van der Waals surface area (Å²) in [6, 6.07) is 1.12. The zero-order valence-corrected chi connectivity index (χ0v) is 11.9. The fourth-order valence-electron chi connectivity index (χ4n) is 0.999. The van der Waals surface area contributed by atoms with E-state index in [0.717, 1.165) is 6.07 Å². The van der Waals surface area contributed by atoms with Crippen molar-refractivity contribution >= 4 is 11.7 Å². The standard InChI is InChI=1S/C8H10N2O4.K/c1-3-14-8(11)6-4-7(10(12)13)5(2)9-6;/h4H,3H2,1-2H3,(H,9,11);/q;+1/p-1. The maximum Gasteiger partial charge on any atom is 1.00 e. The maximum atomic E-state index is 11.1. The minimum Gasteiger partial charge on any atom is -0.650 e. The Bertz CT molecular complexity index is 375. The second kappa shape index (κ2) is 6.39. The van der Waals surface area contributed by atoms with E-state index in [2.05, 4.69) is 9.72 Å². The van der Waals surface area contributed by atoms with Crippen molar-refractivity contribution in [3.63, 3.8) is 0 Å². The summed E-state index contributed by atoms with van der Waals surface area (Å²) in [6.07, 6.45) is 0. The third kappa shape index (κ3) is 3.69. The molecule has 0 bridgehead atoms. The molecule has 0 atom stereocenters. The zero-order chi connectivity index (χ0) is 10.7. The van der Waals surface area contributed by atoms with Gasteiger partial charge in [-0.2, -0.15) is 0 Å². The summed E-state index contributed by atoms with van der Waals surface area (Å²) in [5.74, 6) is -0.635. The molecule has 0 aliphatic rings. The van der Waals surface area contributed by atoms with Crippen LogP contribution in [0.25, 0.3) is 0 Å². The quantitative estimate of drug-likeness (QED) is 0.263. The van der Waals surface area contributed by atoms with Gasteiger partial charge in [-0.15, -0.1) is 0 Å². The van der Waals surface area contributed by atoms with Gasteiger partial charge in [0.05, 0.1) is 11.5 Å². The molecule has 0 radical (unpaired) electrons. The SMILES string of the molecule is CCOC(=O)c1cc([N+](=O)[O-])c(C)[n-]1.[K+]. The molecule has 0 aliphatic heterocycles. The summed E-state index contributed by atoms with van der Waals surface area (Å²) in [5, 5.41) is 10.4. The monoisotopic (exact) mass is 236 g/mol. The summed E-state index contributed by atoms with van der Waals surface area (Å²) in [4.78, 5) is 24.7. The number of carbonyl (C=O) groups is 1. The predicted octanol–water partition coefficient (Wildman–Crippen LogP) is -1.96. The van der Waals surface area contributed by atoms with E-state index >= 15 is 0 Å². The van der Waals surface area contributed by atoms with Crippen molar-refractivity contribution in [3.8, 4) is 0 Å². The van der Waals surface area contributed by atoms with Crippen LogP contribution >= 0.6 is 0 Å². The minimum atomic E-state index is -0.635. The number of nitrogens with zero attached hydrogens (tertiary/aromatic N) is 2. The summed E-state index contributed by atoms with van der Waals surface area (Å²) in [6.45, 7) is 3.35. The van der Waals surface area contributed by atoms with E-state index in [9.17, 15) is 14.9 Å². The summed E-state index contributed by atoms with van der Waals surface area (Å²) in [5.41, 5.74) is 0.0437. The Morgan fingerprint density at radius 1 is 1.67 bits per heavy atom. The third-order valence-corrected chi connectivity index (χ3v) is 1.61. The van der Waals surface area contributed by atoms with Crippen molar-refractivity contribution < 1.29 is 65.8 Å². The van der Waals surface area contributed by atoms with E-state index < -0.39 is 10.9 Å². The fraction of sp³-hybridized carbons (Fsp3) is 0.375. The van der Waals surface area contributed by atoms with Gasteiger partial charge in [-0.25, -0.2) is 4.79 Å². The van der Waals surface area contributed by atoms with Gasteiger partial charge in [-0.1, -0.05) is 12.6 Å². The number of rotatable bonds is 3. The Balaban J connectivity index is 0.00000196. The number of nitro groups is 1. The van der Waals surface area contributed by atoms with Crippen LogP contribution in [0.2, 0.25) is 0 Å². The number of ether oxygens (including phenoxy) is 1. The second-order valence-corrected chi connectivity index (χ2v) is 2.59. The average molecular weight is 236 g/mol. The first-order valence-corrected chi connectivity index (χ1v) is 4.02. The molecule has 0 spiro atoms. The molecule has 0 aliphatic carbocycles. The van der Waals surface area contributed by atoms with Crippen molar-refractivity contribution in [3.05, 3.63) is 27.6 Å². The molecule has 76 valence electrons. The molecule has 0 saturated heterocycles. The van der Waals surface area contributed by atoms with Gasteiger partial charge >= 0.3 is 57.4 Å². The van der Waals surface area contributed by atoms with Crippen LogP contribution in [0.4, 0.5) is 5.69 Å². The van der Waals surface area contributed by atoms with Gasteiger partial charge in [0.25, 0.3) is 0 Å². The largest absolute Gasteiger partial charge is 1.00 e. The molecule has 6 nitrogen and oxygen atoms in total. The van der Waals surface area contributed by atoms with Crippen LogP contribution in [0.1, 0.15) is 23.1 Å². The van der Waals surface area contributed by atoms with Gasteiger partial charge in [-0.3, -0.25) is 10.1 Å². The van der Waals surface area contributed by atoms with E-state index in [4.69, 9.17) is 0 Å². The fourth-order valence-corrected chi connectivity index (χ4v) is 0.999. The normalized spacial score (nSPS) is 9.20. The van der Waals surface area contributed by atoms with Gasteiger partial charge in [-0.05, 0) is 12.6 Å². The number of carbonyl (C=O) groups excluding carboxylic acids is 1. The van der Waals surface area contributed by atoms with E-state index in [1.807, 2.05) is 0 Å². The van der Waals surface area contributed by atoms with Crippen molar-refractivity contribution in [2.75, 3.05) is 6.61 Å². The summed E-state index contributed by atoms with van der Waals surface area (Å²) in [7, 11) is 0. The molecule has 0 saturated carbocycles. The van der Waals surface area contributed by atoms with Gasteiger partial charge in [0.2, 0.25) is 5.69 Å². The summed E-state index contributed by atoms with van der Waals surface area (Å²) >= 11 is 0. The van der Waals surface area contributed by atoms with Gasteiger partial charge in [0, 0.05) is 6.07 Å². The topological polar surface area (TPSA) is 83.5 Å². The molecule has 1 heterocycles. The van der Waals surface area contributed by atoms with Gasteiger partial charge in [0.1, 0.15) is 0 Å². The molecule has 15 heavy (non-hydrogen) atoms. The number of esters is 1. The second-order valence-electron chi connectivity index (χ2n) is 2.59. The molecule has 0 fully saturated rings. The Morgan fingerprint density at radius 3 is 2.67 bits per heavy atom. The number of aromatic nitrogens is 1. The minimum absolute atomic E-state index is 0. The molecule has 1 aromatic rings. The Morgan fingerprint density at radius 2 is 2.27 bits per heavy atom. The van der Waals surface area contributed by atoms with Gasteiger partial charge < -0.3 is 9.72 Å². The number of hydrogen-bond donors (Lipinski definition) is 0. The van der Waals surface area contributed by atoms with Crippen LogP contribution in [-0.2, 0) is 4.74 Å². The number of aryl methyl sites for hydroxylation is 1. The molecule has 0 N–H and O–H groups in total. The Kier molecular flexibility index (Phi) is 6.30. The van der Waals surface area contributed by atoms with E-state index in [-0.39, 0.29) is 75.1 Å². The molecule has 0 unspecified atom stereocenters. The first-order valence-electron chi connectivity index (χ1n) is 4.02.